The van der Waals surface area contributed by atoms with Crippen molar-refractivity contribution >= 4 is 29.2 Å². The fourth-order valence-electron chi connectivity index (χ4n) is 3.99. The second kappa shape index (κ2) is 8.31. The molecule has 0 radical (unpaired) electrons. The average molecular weight is 440 g/mol. The SMILES string of the molecule is NC(=O)c1ncccc1CN(C(=O)c1cccnc1N)[C@@H]1CCc2c(F)cc(Cl)cc21. The molecule has 0 aliphatic heterocycles. The summed E-state index contributed by atoms with van der Waals surface area (Å²) in [6.07, 6.45) is 3.88. The van der Waals surface area contributed by atoms with Crippen molar-refractivity contribution in [3.63, 3.8) is 0 Å². The zero-order valence-electron chi connectivity index (χ0n) is 16.4. The van der Waals surface area contributed by atoms with Crippen LogP contribution in [0.2, 0.25) is 5.02 Å². The number of halogens is 2. The summed E-state index contributed by atoms with van der Waals surface area (Å²) in [4.78, 5) is 35.0. The lowest BCUT2D eigenvalue weighted by Crippen LogP contribution is -2.35. The number of amides is 2. The Balaban J connectivity index is 1.81. The van der Waals surface area contributed by atoms with Gasteiger partial charge in [0.25, 0.3) is 11.8 Å². The van der Waals surface area contributed by atoms with Crippen molar-refractivity contribution in [3.8, 4) is 0 Å². The third kappa shape index (κ3) is 3.94. The summed E-state index contributed by atoms with van der Waals surface area (Å²) in [5.74, 6) is -1.43. The molecule has 2 amide bonds. The lowest BCUT2D eigenvalue weighted by Gasteiger charge is -2.31. The van der Waals surface area contributed by atoms with Crippen LogP contribution in [-0.4, -0.2) is 26.7 Å². The molecular formula is C22H19ClFN5O2. The zero-order chi connectivity index (χ0) is 22.1. The molecular weight excluding hydrogens is 421 g/mol. The Kier molecular flexibility index (Phi) is 5.56. The third-order valence-corrected chi connectivity index (χ3v) is 5.61. The minimum absolute atomic E-state index is 0.0253. The van der Waals surface area contributed by atoms with Crippen molar-refractivity contribution in [1.82, 2.24) is 14.9 Å². The zero-order valence-corrected chi connectivity index (χ0v) is 17.1. The second-order valence-electron chi connectivity index (χ2n) is 7.25. The van der Waals surface area contributed by atoms with Crippen LogP contribution in [0, 0.1) is 5.82 Å². The van der Waals surface area contributed by atoms with E-state index in [0.717, 1.165) is 0 Å². The number of hydrogen-bond acceptors (Lipinski definition) is 5. The van der Waals surface area contributed by atoms with Crippen LogP contribution < -0.4 is 11.5 Å². The van der Waals surface area contributed by atoms with E-state index in [1.54, 1.807) is 35.2 Å². The smallest absolute Gasteiger partial charge is 0.267 e. The molecule has 0 saturated heterocycles. The highest BCUT2D eigenvalue weighted by atomic mass is 35.5. The number of carbonyl (C=O) groups excluding carboxylic acids is 2. The number of nitrogens with two attached hydrogens (primary N) is 2. The molecule has 3 aromatic rings. The summed E-state index contributed by atoms with van der Waals surface area (Å²) in [5.41, 5.74) is 13.3. The molecule has 0 bridgehead atoms. The number of hydrogen-bond donors (Lipinski definition) is 2. The predicted octanol–water partition coefficient (Wildman–Crippen LogP) is 3.28. The molecule has 0 fully saturated rings. The van der Waals surface area contributed by atoms with Crippen molar-refractivity contribution in [2.24, 2.45) is 5.73 Å². The van der Waals surface area contributed by atoms with E-state index < -0.39 is 23.7 Å². The number of nitrogens with zero attached hydrogens (tertiary/aromatic N) is 3. The van der Waals surface area contributed by atoms with Crippen LogP contribution >= 0.6 is 11.6 Å². The number of benzene rings is 1. The largest absolute Gasteiger partial charge is 0.383 e. The second-order valence-corrected chi connectivity index (χ2v) is 7.69. The topological polar surface area (TPSA) is 115 Å². The molecule has 1 aliphatic rings. The van der Waals surface area contributed by atoms with Gasteiger partial charge in [-0.1, -0.05) is 17.7 Å². The minimum Gasteiger partial charge on any atom is -0.383 e. The standard InChI is InChI=1S/C22H19ClFN5O2/c23-13-9-16-14(17(24)10-13)5-6-18(16)29(22(31)15-4-2-8-28-20(15)25)11-12-3-1-7-27-19(12)21(26)30/h1-4,7-10,18H,5-6,11H2,(H2,25,28)(H2,26,30)/t18-/m1/s1. The van der Waals surface area contributed by atoms with Gasteiger partial charge in [-0.2, -0.15) is 0 Å². The first kappa shape index (κ1) is 20.7. The molecule has 0 saturated carbocycles. The Hall–Kier alpha value is -3.52. The highest BCUT2D eigenvalue weighted by Gasteiger charge is 2.35. The molecule has 1 aliphatic carbocycles. The summed E-state index contributed by atoms with van der Waals surface area (Å²) in [5, 5.41) is 0.246. The number of rotatable bonds is 5. The van der Waals surface area contributed by atoms with Crippen LogP contribution in [0.1, 0.15) is 50.0 Å². The first-order valence-electron chi connectivity index (χ1n) is 9.59. The number of primary amides is 1. The molecule has 1 aromatic carbocycles. The first-order chi connectivity index (χ1) is 14.9. The fourth-order valence-corrected chi connectivity index (χ4v) is 4.21. The number of carbonyl (C=O) groups is 2. The van der Waals surface area contributed by atoms with Gasteiger partial charge in [-0.3, -0.25) is 14.6 Å². The number of nitrogen functional groups attached to an aromatic ring is 1. The molecule has 2 aromatic heterocycles. The Bertz CT molecular complexity index is 1190. The van der Waals surface area contributed by atoms with Gasteiger partial charge in [0.1, 0.15) is 17.3 Å². The molecule has 1 atom stereocenters. The van der Waals surface area contributed by atoms with Gasteiger partial charge in [-0.05, 0) is 54.3 Å². The molecule has 2 heterocycles. The molecule has 4 N–H and O–H groups in total. The number of anilines is 1. The van der Waals surface area contributed by atoms with Crippen LogP contribution in [0.5, 0.6) is 0 Å². The lowest BCUT2D eigenvalue weighted by molar-refractivity contribution is 0.0656. The van der Waals surface area contributed by atoms with Gasteiger partial charge >= 0.3 is 0 Å². The molecule has 31 heavy (non-hydrogen) atoms. The van der Waals surface area contributed by atoms with Crippen molar-refractivity contribution in [2.75, 3.05) is 5.73 Å². The van der Waals surface area contributed by atoms with Crippen LogP contribution in [-0.2, 0) is 13.0 Å². The molecule has 0 spiro atoms. The Morgan fingerprint density at radius 1 is 1.19 bits per heavy atom. The first-order valence-corrected chi connectivity index (χ1v) is 9.97. The van der Waals surface area contributed by atoms with Crippen LogP contribution in [0.25, 0.3) is 0 Å². The van der Waals surface area contributed by atoms with E-state index in [0.29, 0.717) is 29.5 Å². The Morgan fingerprint density at radius 2 is 1.94 bits per heavy atom. The van der Waals surface area contributed by atoms with E-state index in [1.165, 1.54) is 18.5 Å². The van der Waals surface area contributed by atoms with E-state index in [2.05, 4.69) is 9.97 Å². The van der Waals surface area contributed by atoms with E-state index >= 15 is 0 Å². The normalized spacial score (nSPS) is 14.8. The van der Waals surface area contributed by atoms with Gasteiger partial charge < -0.3 is 16.4 Å². The van der Waals surface area contributed by atoms with Gasteiger partial charge in [0.15, 0.2) is 0 Å². The van der Waals surface area contributed by atoms with E-state index in [4.69, 9.17) is 23.1 Å². The quantitative estimate of drug-likeness (QED) is 0.633. The summed E-state index contributed by atoms with van der Waals surface area (Å²) >= 11 is 6.10. The number of aromatic nitrogens is 2. The predicted molar refractivity (Wildman–Crippen MR) is 114 cm³/mol. The highest BCUT2D eigenvalue weighted by molar-refractivity contribution is 6.30. The minimum atomic E-state index is -0.704. The summed E-state index contributed by atoms with van der Waals surface area (Å²) in [6, 6.07) is 8.97. The highest BCUT2D eigenvalue weighted by Crippen LogP contribution is 2.40. The maximum Gasteiger partial charge on any atom is 0.267 e. The summed E-state index contributed by atoms with van der Waals surface area (Å²) in [6.45, 7) is 0.0253. The van der Waals surface area contributed by atoms with Crippen molar-refractivity contribution < 1.29 is 14.0 Å². The molecule has 7 nitrogen and oxygen atoms in total. The van der Waals surface area contributed by atoms with Gasteiger partial charge in [-0.15, -0.1) is 0 Å². The lowest BCUT2D eigenvalue weighted by atomic mass is 10.0. The van der Waals surface area contributed by atoms with Crippen molar-refractivity contribution in [1.29, 1.82) is 0 Å². The average Bonchev–Trinajstić information content (AvgIpc) is 3.16. The maximum absolute atomic E-state index is 14.5. The van der Waals surface area contributed by atoms with Crippen LogP contribution in [0.3, 0.4) is 0 Å². The Morgan fingerprint density at radius 3 is 2.68 bits per heavy atom. The van der Waals surface area contributed by atoms with E-state index in [1.807, 2.05) is 0 Å². The molecule has 0 unspecified atom stereocenters. The van der Waals surface area contributed by atoms with E-state index in [-0.39, 0.29) is 28.6 Å². The Labute approximate surface area is 182 Å². The fraction of sp³-hybridized carbons (Fsp3) is 0.182. The van der Waals surface area contributed by atoms with Gasteiger partial charge in [-0.25, -0.2) is 9.37 Å². The van der Waals surface area contributed by atoms with Crippen LogP contribution in [0.15, 0.2) is 48.8 Å². The monoisotopic (exact) mass is 439 g/mol. The summed E-state index contributed by atoms with van der Waals surface area (Å²) in [7, 11) is 0. The van der Waals surface area contributed by atoms with Gasteiger partial charge in [0, 0.05) is 29.5 Å². The third-order valence-electron chi connectivity index (χ3n) is 5.39. The van der Waals surface area contributed by atoms with Crippen molar-refractivity contribution in [3.05, 3.63) is 87.6 Å². The van der Waals surface area contributed by atoms with Gasteiger partial charge in [0.05, 0.1) is 11.6 Å². The molecule has 4 rings (SSSR count). The number of fused-ring (bicyclic) bond motifs is 1. The molecule has 158 valence electrons. The summed E-state index contributed by atoms with van der Waals surface area (Å²) < 4.78 is 14.5. The van der Waals surface area contributed by atoms with Crippen LogP contribution in [0.4, 0.5) is 10.2 Å². The molecule has 9 heteroatoms. The van der Waals surface area contributed by atoms with Crippen molar-refractivity contribution in [2.45, 2.75) is 25.4 Å². The van der Waals surface area contributed by atoms with E-state index in [9.17, 15) is 14.0 Å². The number of pyridine rings is 2. The maximum atomic E-state index is 14.5. The van der Waals surface area contributed by atoms with Gasteiger partial charge in [0.2, 0.25) is 0 Å².